The van der Waals surface area contributed by atoms with Gasteiger partial charge in [0.1, 0.15) is 11.6 Å². The fraction of sp³-hybridized carbons (Fsp3) is 0.333. The number of allylic oxidation sites excluding steroid dienone is 2. The molecule has 0 unspecified atom stereocenters. The molecule has 174 valence electrons. The maximum absolute atomic E-state index is 13.5. The SMILES string of the molecule is CNCC(=O)c1c(-c2ccc(F)cc2)oc2nc3c(cc12)C(C)=CCCCCN3S(C)(=O)=O. The Labute approximate surface area is 192 Å². The minimum atomic E-state index is -3.59. The van der Waals surface area contributed by atoms with Gasteiger partial charge < -0.3 is 9.73 Å². The van der Waals surface area contributed by atoms with Gasteiger partial charge in [0.15, 0.2) is 11.6 Å². The van der Waals surface area contributed by atoms with E-state index in [0.29, 0.717) is 35.0 Å². The van der Waals surface area contributed by atoms with Crippen molar-refractivity contribution in [1.82, 2.24) is 10.3 Å². The molecule has 7 nitrogen and oxygen atoms in total. The fourth-order valence-electron chi connectivity index (χ4n) is 4.08. The summed E-state index contributed by atoms with van der Waals surface area (Å²) in [5, 5.41) is 3.36. The first kappa shape index (κ1) is 23.1. The van der Waals surface area contributed by atoms with Gasteiger partial charge >= 0.3 is 0 Å². The van der Waals surface area contributed by atoms with Gasteiger partial charge in [-0.3, -0.25) is 9.10 Å². The third-order valence-electron chi connectivity index (χ3n) is 5.71. The van der Waals surface area contributed by atoms with E-state index < -0.39 is 15.8 Å². The maximum Gasteiger partial charge on any atom is 0.233 e. The Morgan fingerprint density at radius 1 is 1.24 bits per heavy atom. The molecule has 1 aliphatic heterocycles. The monoisotopic (exact) mass is 471 g/mol. The van der Waals surface area contributed by atoms with Crippen LogP contribution >= 0.6 is 0 Å². The van der Waals surface area contributed by atoms with Crippen LogP contribution in [-0.4, -0.2) is 45.6 Å². The van der Waals surface area contributed by atoms with Gasteiger partial charge in [0.05, 0.1) is 23.8 Å². The number of carbonyl (C=O) groups excluding carboxylic acids is 1. The van der Waals surface area contributed by atoms with Crippen LogP contribution in [0.2, 0.25) is 0 Å². The molecule has 2 aromatic heterocycles. The van der Waals surface area contributed by atoms with Crippen molar-refractivity contribution in [3.05, 3.63) is 53.4 Å². The van der Waals surface area contributed by atoms with E-state index in [0.717, 1.165) is 24.7 Å². The number of fused-ring (bicyclic) bond motifs is 2. The van der Waals surface area contributed by atoms with Crippen LogP contribution in [0.3, 0.4) is 0 Å². The number of likely N-dealkylation sites (N-methyl/N-ethyl adjacent to an activating group) is 1. The lowest BCUT2D eigenvalue weighted by Gasteiger charge is -2.23. The Hall–Kier alpha value is -3.04. The average Bonchev–Trinajstić information content (AvgIpc) is 3.15. The van der Waals surface area contributed by atoms with Crippen molar-refractivity contribution in [3.8, 4) is 11.3 Å². The molecule has 0 saturated carbocycles. The van der Waals surface area contributed by atoms with Crippen LogP contribution in [-0.2, 0) is 10.0 Å². The number of hydrogen-bond donors (Lipinski definition) is 1. The molecule has 1 aromatic carbocycles. The number of nitrogens with zero attached hydrogens (tertiary/aromatic N) is 2. The molecular weight excluding hydrogens is 445 g/mol. The molecule has 0 saturated heterocycles. The van der Waals surface area contributed by atoms with Crippen LogP contribution in [0.5, 0.6) is 0 Å². The molecule has 9 heteroatoms. The number of Topliss-reactive ketones (excluding diaryl/α,β-unsaturated/α-hetero) is 1. The number of pyridine rings is 1. The summed E-state index contributed by atoms with van der Waals surface area (Å²) in [5.74, 6) is -0.0465. The Balaban J connectivity index is 2.04. The molecule has 3 heterocycles. The molecule has 0 amide bonds. The van der Waals surface area contributed by atoms with Gasteiger partial charge in [-0.25, -0.2) is 12.8 Å². The molecule has 0 aliphatic carbocycles. The lowest BCUT2D eigenvalue weighted by Crippen LogP contribution is -2.32. The summed E-state index contributed by atoms with van der Waals surface area (Å²) in [5.41, 5.74) is 2.55. The summed E-state index contributed by atoms with van der Waals surface area (Å²) in [7, 11) is -1.92. The van der Waals surface area contributed by atoms with E-state index in [2.05, 4.69) is 16.4 Å². The quantitative estimate of drug-likeness (QED) is 0.555. The van der Waals surface area contributed by atoms with Crippen molar-refractivity contribution in [2.75, 3.05) is 30.7 Å². The highest BCUT2D eigenvalue weighted by atomic mass is 32.2. The first-order valence-electron chi connectivity index (χ1n) is 10.8. The summed E-state index contributed by atoms with van der Waals surface area (Å²) < 4.78 is 46.1. The van der Waals surface area contributed by atoms with Gasteiger partial charge in [0, 0.05) is 17.7 Å². The smallest absolute Gasteiger partial charge is 0.233 e. The summed E-state index contributed by atoms with van der Waals surface area (Å²) in [6.45, 7) is 2.29. The predicted octanol–water partition coefficient (Wildman–Crippen LogP) is 4.39. The molecular formula is C24H26FN3O4S. The Bertz CT molecular complexity index is 1340. The predicted molar refractivity (Wildman–Crippen MR) is 127 cm³/mol. The number of ketones is 1. The Kier molecular flexibility index (Phi) is 6.36. The van der Waals surface area contributed by atoms with Crippen LogP contribution in [0.25, 0.3) is 28.0 Å². The van der Waals surface area contributed by atoms with E-state index in [-0.39, 0.29) is 29.6 Å². The zero-order valence-electron chi connectivity index (χ0n) is 18.8. The number of anilines is 1. The highest BCUT2D eigenvalue weighted by molar-refractivity contribution is 7.92. The number of nitrogens with one attached hydrogen (secondary N) is 1. The zero-order valence-corrected chi connectivity index (χ0v) is 19.6. The Morgan fingerprint density at radius 2 is 1.97 bits per heavy atom. The van der Waals surface area contributed by atoms with Gasteiger partial charge in [-0.1, -0.05) is 6.08 Å². The number of benzene rings is 1. The average molecular weight is 472 g/mol. The van der Waals surface area contributed by atoms with Gasteiger partial charge in [0.25, 0.3) is 0 Å². The van der Waals surface area contributed by atoms with E-state index in [1.807, 2.05) is 6.92 Å². The highest BCUT2D eigenvalue weighted by Crippen LogP contribution is 2.38. The minimum Gasteiger partial charge on any atom is -0.437 e. The van der Waals surface area contributed by atoms with Gasteiger partial charge in [0.2, 0.25) is 15.7 Å². The fourth-order valence-corrected chi connectivity index (χ4v) is 5.00. The highest BCUT2D eigenvalue weighted by Gasteiger charge is 2.28. The van der Waals surface area contributed by atoms with Crippen LogP contribution < -0.4 is 9.62 Å². The van der Waals surface area contributed by atoms with Crippen molar-refractivity contribution in [2.45, 2.75) is 26.2 Å². The normalized spacial score (nSPS) is 14.9. The van der Waals surface area contributed by atoms with Crippen molar-refractivity contribution < 1.29 is 22.0 Å². The third kappa shape index (κ3) is 4.56. The number of carbonyl (C=O) groups is 1. The second-order valence-corrected chi connectivity index (χ2v) is 10.1. The zero-order chi connectivity index (χ0) is 23.8. The van der Waals surface area contributed by atoms with Crippen molar-refractivity contribution in [2.24, 2.45) is 0 Å². The lowest BCUT2D eigenvalue weighted by atomic mass is 9.99. The first-order chi connectivity index (χ1) is 15.7. The standard InChI is InChI=1S/C24H26FN3O4S/c1-15-7-5-4-6-12-28(33(3,30)31)23-18(15)13-19-21(20(29)14-26-2)22(32-24(19)27-23)16-8-10-17(25)11-9-16/h7-11,13,26H,4-6,12,14H2,1-3H3. The number of furan rings is 1. The van der Waals surface area contributed by atoms with E-state index in [4.69, 9.17) is 4.42 Å². The second-order valence-electron chi connectivity index (χ2n) is 8.20. The molecule has 0 spiro atoms. The van der Waals surface area contributed by atoms with Crippen molar-refractivity contribution in [3.63, 3.8) is 0 Å². The summed E-state index contributed by atoms with van der Waals surface area (Å²) in [6.07, 6.45) is 5.59. The van der Waals surface area contributed by atoms with E-state index in [1.54, 1.807) is 13.1 Å². The molecule has 0 bridgehead atoms. The number of hydrogen-bond acceptors (Lipinski definition) is 6. The number of sulfonamides is 1. The number of aromatic nitrogens is 1. The largest absolute Gasteiger partial charge is 0.437 e. The van der Waals surface area contributed by atoms with E-state index in [1.165, 1.54) is 28.6 Å². The first-order valence-corrected chi connectivity index (χ1v) is 12.6. The molecule has 0 radical (unpaired) electrons. The van der Waals surface area contributed by atoms with E-state index >= 15 is 0 Å². The minimum absolute atomic E-state index is 0.0736. The molecule has 4 rings (SSSR count). The number of rotatable bonds is 5. The molecule has 3 aromatic rings. The van der Waals surface area contributed by atoms with Gasteiger partial charge in [-0.2, -0.15) is 4.98 Å². The van der Waals surface area contributed by atoms with Crippen molar-refractivity contribution in [1.29, 1.82) is 0 Å². The van der Waals surface area contributed by atoms with Crippen molar-refractivity contribution >= 4 is 38.3 Å². The summed E-state index contributed by atoms with van der Waals surface area (Å²) in [6, 6.07) is 7.45. The van der Waals surface area contributed by atoms with E-state index in [9.17, 15) is 17.6 Å². The Morgan fingerprint density at radius 3 is 2.64 bits per heavy atom. The topological polar surface area (TPSA) is 92.5 Å². The second kappa shape index (κ2) is 9.07. The molecule has 0 fully saturated rings. The third-order valence-corrected chi connectivity index (χ3v) is 6.87. The molecule has 33 heavy (non-hydrogen) atoms. The van der Waals surface area contributed by atoms with Crippen LogP contribution in [0.1, 0.15) is 42.1 Å². The van der Waals surface area contributed by atoms with Crippen LogP contribution in [0.15, 0.2) is 40.8 Å². The maximum atomic E-state index is 13.5. The van der Waals surface area contributed by atoms with Crippen LogP contribution in [0, 0.1) is 5.82 Å². The molecule has 0 atom stereocenters. The van der Waals surface area contributed by atoms with Gasteiger partial charge in [-0.15, -0.1) is 0 Å². The molecule has 1 aliphatic rings. The number of halogens is 1. The van der Waals surface area contributed by atoms with Crippen LogP contribution in [0.4, 0.5) is 10.2 Å². The summed E-state index contributed by atoms with van der Waals surface area (Å²) >= 11 is 0. The molecule has 1 N–H and O–H groups in total. The lowest BCUT2D eigenvalue weighted by molar-refractivity contribution is 0.0995. The van der Waals surface area contributed by atoms with Gasteiger partial charge in [-0.05, 0) is 69.1 Å². The summed E-state index contributed by atoms with van der Waals surface area (Å²) in [4.78, 5) is 17.7.